The van der Waals surface area contributed by atoms with Crippen molar-refractivity contribution < 1.29 is 14.3 Å². The Balaban J connectivity index is 2.01. The Bertz CT molecular complexity index is 749. The van der Waals surface area contributed by atoms with E-state index in [0.717, 1.165) is 42.9 Å². The van der Waals surface area contributed by atoms with Crippen LogP contribution in [0.4, 0.5) is 0 Å². The summed E-state index contributed by atoms with van der Waals surface area (Å²) < 4.78 is 4.87. The van der Waals surface area contributed by atoms with Crippen LogP contribution in [0.2, 0.25) is 0 Å². The number of fused-ring (bicyclic) bond motifs is 1. The molecule has 0 unspecified atom stereocenters. The first-order valence-corrected chi connectivity index (χ1v) is 9.14. The number of carbonyl (C=O) groups is 2. The van der Waals surface area contributed by atoms with Crippen molar-refractivity contribution in [2.24, 2.45) is 0 Å². The van der Waals surface area contributed by atoms with Crippen molar-refractivity contribution in [3.05, 3.63) is 60.7 Å². The van der Waals surface area contributed by atoms with Crippen molar-refractivity contribution in [1.82, 2.24) is 5.32 Å². The summed E-state index contributed by atoms with van der Waals surface area (Å²) in [7, 11) is 1.35. The SMILES string of the molecule is C=CCCCCCC[C@@H](NC(=O)c1cccc2ccccc12)C(=O)OC. The molecule has 1 atom stereocenters. The molecule has 0 aromatic heterocycles. The first-order chi connectivity index (χ1) is 12.7. The van der Waals surface area contributed by atoms with Crippen LogP contribution in [0.5, 0.6) is 0 Å². The highest BCUT2D eigenvalue weighted by Crippen LogP contribution is 2.19. The van der Waals surface area contributed by atoms with Crippen LogP contribution in [-0.4, -0.2) is 25.0 Å². The third kappa shape index (κ3) is 5.45. The molecule has 0 fully saturated rings. The average molecular weight is 353 g/mol. The highest BCUT2D eigenvalue weighted by atomic mass is 16.5. The molecular weight excluding hydrogens is 326 g/mol. The summed E-state index contributed by atoms with van der Waals surface area (Å²) in [6.07, 6.45) is 7.60. The first-order valence-electron chi connectivity index (χ1n) is 9.14. The number of methoxy groups -OCH3 is 1. The van der Waals surface area contributed by atoms with Gasteiger partial charge in [-0.15, -0.1) is 6.58 Å². The fourth-order valence-corrected chi connectivity index (χ4v) is 3.04. The van der Waals surface area contributed by atoms with Gasteiger partial charge in [0, 0.05) is 5.56 Å². The summed E-state index contributed by atoms with van der Waals surface area (Å²) >= 11 is 0. The van der Waals surface area contributed by atoms with Crippen LogP contribution < -0.4 is 5.32 Å². The topological polar surface area (TPSA) is 55.4 Å². The maximum absolute atomic E-state index is 12.7. The molecule has 1 amide bonds. The van der Waals surface area contributed by atoms with Gasteiger partial charge in [-0.1, -0.05) is 61.7 Å². The molecule has 138 valence electrons. The summed E-state index contributed by atoms with van der Waals surface area (Å²) in [5.74, 6) is -0.645. The smallest absolute Gasteiger partial charge is 0.328 e. The van der Waals surface area contributed by atoms with Gasteiger partial charge >= 0.3 is 5.97 Å². The number of nitrogens with one attached hydrogen (secondary N) is 1. The summed E-state index contributed by atoms with van der Waals surface area (Å²) in [4.78, 5) is 24.8. The van der Waals surface area contributed by atoms with Crippen molar-refractivity contribution in [2.45, 2.75) is 44.6 Å². The zero-order chi connectivity index (χ0) is 18.8. The Morgan fingerprint density at radius 3 is 2.58 bits per heavy atom. The number of unbranched alkanes of at least 4 members (excludes halogenated alkanes) is 4. The molecule has 0 aliphatic heterocycles. The molecule has 0 aliphatic rings. The number of allylic oxidation sites excluding steroid dienone is 1. The Kier molecular flexibility index (Phi) is 7.87. The summed E-state index contributed by atoms with van der Waals surface area (Å²) in [6, 6.07) is 12.7. The van der Waals surface area contributed by atoms with E-state index in [9.17, 15) is 9.59 Å². The number of rotatable bonds is 10. The van der Waals surface area contributed by atoms with Gasteiger partial charge in [-0.25, -0.2) is 4.79 Å². The van der Waals surface area contributed by atoms with E-state index in [-0.39, 0.29) is 5.91 Å². The monoisotopic (exact) mass is 353 g/mol. The maximum atomic E-state index is 12.7. The van der Waals surface area contributed by atoms with Crippen LogP contribution in [0.25, 0.3) is 10.8 Å². The minimum Gasteiger partial charge on any atom is -0.467 e. The van der Waals surface area contributed by atoms with Gasteiger partial charge in [0.15, 0.2) is 0 Å². The minimum atomic E-state index is -0.620. The van der Waals surface area contributed by atoms with Gasteiger partial charge in [0.25, 0.3) is 5.91 Å². The van der Waals surface area contributed by atoms with Gasteiger partial charge in [-0.05, 0) is 36.1 Å². The third-order valence-corrected chi connectivity index (χ3v) is 4.48. The number of benzene rings is 2. The van der Waals surface area contributed by atoms with Crippen molar-refractivity contribution in [1.29, 1.82) is 0 Å². The van der Waals surface area contributed by atoms with E-state index in [0.29, 0.717) is 12.0 Å². The van der Waals surface area contributed by atoms with Gasteiger partial charge in [-0.2, -0.15) is 0 Å². The molecule has 0 spiro atoms. The molecule has 1 N–H and O–H groups in total. The number of amides is 1. The zero-order valence-electron chi connectivity index (χ0n) is 15.4. The van der Waals surface area contributed by atoms with Crippen molar-refractivity contribution in [2.75, 3.05) is 7.11 Å². The molecule has 4 nitrogen and oxygen atoms in total. The quantitative estimate of drug-likeness (QED) is 0.385. The minimum absolute atomic E-state index is 0.246. The molecule has 0 saturated carbocycles. The number of hydrogen-bond donors (Lipinski definition) is 1. The van der Waals surface area contributed by atoms with E-state index in [4.69, 9.17) is 4.74 Å². The molecule has 0 radical (unpaired) electrons. The van der Waals surface area contributed by atoms with Crippen LogP contribution in [0, 0.1) is 0 Å². The summed E-state index contributed by atoms with van der Waals surface area (Å²) in [6.45, 7) is 3.72. The molecule has 0 heterocycles. The maximum Gasteiger partial charge on any atom is 0.328 e. The van der Waals surface area contributed by atoms with Crippen LogP contribution in [0.15, 0.2) is 55.1 Å². The summed E-state index contributed by atoms with van der Waals surface area (Å²) in [5.41, 5.74) is 0.572. The van der Waals surface area contributed by atoms with Gasteiger partial charge in [0.2, 0.25) is 0 Å². The Labute approximate surface area is 155 Å². The fraction of sp³-hybridized carbons (Fsp3) is 0.364. The lowest BCUT2D eigenvalue weighted by Gasteiger charge is -2.17. The molecule has 2 aromatic carbocycles. The van der Waals surface area contributed by atoms with Gasteiger partial charge < -0.3 is 10.1 Å². The second kappa shape index (κ2) is 10.4. The lowest BCUT2D eigenvalue weighted by atomic mass is 10.0. The van der Waals surface area contributed by atoms with Crippen LogP contribution in [0.1, 0.15) is 48.9 Å². The molecule has 0 bridgehead atoms. The normalized spacial score (nSPS) is 11.7. The van der Waals surface area contributed by atoms with Gasteiger partial charge in [-0.3, -0.25) is 4.79 Å². The van der Waals surface area contributed by atoms with Crippen LogP contribution in [0.3, 0.4) is 0 Å². The molecule has 0 saturated heterocycles. The lowest BCUT2D eigenvalue weighted by molar-refractivity contribution is -0.143. The van der Waals surface area contributed by atoms with Crippen molar-refractivity contribution >= 4 is 22.6 Å². The predicted octanol–water partition coefficient (Wildman–Crippen LogP) is 4.64. The van der Waals surface area contributed by atoms with E-state index in [1.807, 2.05) is 42.5 Å². The number of esters is 1. The molecule has 2 rings (SSSR count). The lowest BCUT2D eigenvalue weighted by Crippen LogP contribution is -2.41. The average Bonchev–Trinajstić information content (AvgIpc) is 2.68. The molecule has 0 aliphatic carbocycles. The van der Waals surface area contributed by atoms with Crippen LogP contribution >= 0.6 is 0 Å². The van der Waals surface area contributed by atoms with E-state index >= 15 is 0 Å². The molecular formula is C22H27NO3. The van der Waals surface area contributed by atoms with Gasteiger partial charge in [0.1, 0.15) is 6.04 Å². The second-order valence-electron chi connectivity index (χ2n) is 6.36. The number of hydrogen-bond acceptors (Lipinski definition) is 3. The Morgan fingerprint density at radius 1 is 1.08 bits per heavy atom. The predicted molar refractivity (Wildman–Crippen MR) is 105 cm³/mol. The second-order valence-corrected chi connectivity index (χ2v) is 6.36. The number of ether oxygens (including phenoxy) is 1. The van der Waals surface area contributed by atoms with E-state index in [1.54, 1.807) is 6.07 Å². The largest absolute Gasteiger partial charge is 0.467 e. The molecule has 26 heavy (non-hydrogen) atoms. The summed E-state index contributed by atoms with van der Waals surface area (Å²) in [5, 5.41) is 4.72. The third-order valence-electron chi connectivity index (χ3n) is 4.48. The van der Waals surface area contributed by atoms with Crippen molar-refractivity contribution in [3.8, 4) is 0 Å². The fourth-order valence-electron chi connectivity index (χ4n) is 3.04. The van der Waals surface area contributed by atoms with E-state index < -0.39 is 12.0 Å². The van der Waals surface area contributed by atoms with Gasteiger partial charge in [0.05, 0.1) is 7.11 Å². The standard InChI is InChI=1S/C22H27NO3/c1-3-4-5-6-7-8-16-20(22(25)26-2)23-21(24)19-15-11-13-17-12-9-10-14-18(17)19/h3,9-15,20H,1,4-8,16H2,2H3,(H,23,24)/t20-/m1/s1. The number of carbonyl (C=O) groups excluding carboxylic acids is 2. The van der Waals surface area contributed by atoms with Crippen molar-refractivity contribution in [3.63, 3.8) is 0 Å². The van der Waals surface area contributed by atoms with Crippen LogP contribution in [-0.2, 0) is 9.53 Å². The highest BCUT2D eigenvalue weighted by Gasteiger charge is 2.22. The Hall–Kier alpha value is -2.62. The van der Waals surface area contributed by atoms with E-state index in [2.05, 4.69) is 11.9 Å². The first kappa shape index (κ1) is 19.7. The highest BCUT2D eigenvalue weighted by molar-refractivity contribution is 6.07. The van der Waals surface area contributed by atoms with E-state index in [1.165, 1.54) is 7.11 Å². The molecule has 2 aromatic rings. The zero-order valence-corrected chi connectivity index (χ0v) is 15.4. The Morgan fingerprint density at radius 2 is 1.81 bits per heavy atom. The molecule has 4 heteroatoms.